The average molecular weight is 499 g/mol. The molecule has 37 heavy (non-hydrogen) atoms. The summed E-state index contributed by atoms with van der Waals surface area (Å²) in [6, 6.07) is 23.2. The Labute approximate surface area is 225 Å². The number of ether oxygens (including phenoxy) is 1. The highest BCUT2D eigenvalue weighted by Crippen LogP contribution is 2.41. The molecule has 3 heteroatoms. The van der Waals surface area contributed by atoms with Crippen molar-refractivity contribution in [3.8, 4) is 11.1 Å². The summed E-state index contributed by atoms with van der Waals surface area (Å²) in [7, 11) is 0. The molecule has 0 unspecified atom stereocenters. The van der Waals surface area contributed by atoms with Gasteiger partial charge in [-0.15, -0.1) is 0 Å². The smallest absolute Gasteiger partial charge is 0.0641 e. The van der Waals surface area contributed by atoms with E-state index in [2.05, 4.69) is 112 Å². The molecule has 4 rings (SSSR count). The fraction of sp³-hybridized carbons (Fsp3) is 0.471. The molecule has 1 aliphatic carbocycles. The van der Waals surface area contributed by atoms with Crippen molar-refractivity contribution in [3.63, 3.8) is 0 Å². The van der Waals surface area contributed by atoms with Gasteiger partial charge in [0.2, 0.25) is 0 Å². The van der Waals surface area contributed by atoms with Crippen LogP contribution in [0.5, 0.6) is 0 Å². The molecular formula is C34H46N2O. The van der Waals surface area contributed by atoms with Crippen LogP contribution < -0.4 is 9.80 Å². The van der Waals surface area contributed by atoms with Gasteiger partial charge in [0.05, 0.1) is 6.61 Å². The van der Waals surface area contributed by atoms with Gasteiger partial charge >= 0.3 is 0 Å². The third-order valence-corrected chi connectivity index (χ3v) is 7.53. The topological polar surface area (TPSA) is 15.7 Å². The van der Waals surface area contributed by atoms with Gasteiger partial charge < -0.3 is 14.5 Å². The Hall–Kier alpha value is -2.78. The van der Waals surface area contributed by atoms with Gasteiger partial charge in [0.1, 0.15) is 0 Å². The number of hydrogen-bond donors (Lipinski definition) is 0. The molecule has 3 aromatic rings. The molecule has 0 amide bonds. The molecular weight excluding hydrogens is 452 g/mol. The lowest BCUT2D eigenvalue weighted by Crippen LogP contribution is -2.28. The van der Waals surface area contributed by atoms with Crippen molar-refractivity contribution in [3.05, 3.63) is 77.4 Å². The zero-order chi connectivity index (χ0) is 26.4. The molecule has 3 aromatic carbocycles. The van der Waals surface area contributed by atoms with Gasteiger partial charge in [-0.3, -0.25) is 0 Å². The van der Waals surface area contributed by atoms with Gasteiger partial charge in [-0.1, -0.05) is 65.3 Å². The Bertz CT molecular complexity index is 1160. The second kappa shape index (κ2) is 12.2. The van der Waals surface area contributed by atoms with E-state index in [9.17, 15) is 0 Å². The minimum absolute atomic E-state index is 0.164. The number of fused-ring (bicyclic) bond motifs is 3. The lowest BCUT2D eigenvalue weighted by molar-refractivity contribution is 0.140. The third-order valence-electron chi connectivity index (χ3n) is 7.53. The molecule has 0 atom stereocenters. The predicted octanol–water partition coefficient (Wildman–Crippen LogP) is 8.75. The molecule has 0 aliphatic heterocycles. The van der Waals surface area contributed by atoms with Crippen molar-refractivity contribution in [1.82, 2.24) is 0 Å². The Morgan fingerprint density at radius 3 is 1.92 bits per heavy atom. The van der Waals surface area contributed by atoms with Crippen LogP contribution >= 0.6 is 0 Å². The summed E-state index contributed by atoms with van der Waals surface area (Å²) < 4.78 is 5.84. The number of unbranched alkanes of at least 4 members (excludes halogenated alkanes) is 1. The first kappa shape index (κ1) is 27.3. The lowest BCUT2D eigenvalue weighted by atomic mass is 9.87. The highest BCUT2D eigenvalue weighted by molar-refractivity contribution is 5.83. The van der Waals surface area contributed by atoms with Crippen LogP contribution in [-0.4, -0.2) is 32.8 Å². The van der Waals surface area contributed by atoms with E-state index < -0.39 is 0 Å². The average Bonchev–Trinajstić information content (AvgIpc) is 3.26. The van der Waals surface area contributed by atoms with Crippen LogP contribution in [-0.2, 0) is 16.6 Å². The van der Waals surface area contributed by atoms with E-state index in [1.807, 2.05) is 0 Å². The van der Waals surface area contributed by atoms with E-state index in [0.29, 0.717) is 0 Å². The number of rotatable bonds is 12. The molecule has 0 aromatic heterocycles. The van der Waals surface area contributed by atoms with Gasteiger partial charge in [0, 0.05) is 43.3 Å². The molecule has 0 saturated heterocycles. The highest BCUT2D eigenvalue weighted by Gasteiger charge is 2.22. The van der Waals surface area contributed by atoms with E-state index in [-0.39, 0.29) is 5.41 Å². The zero-order valence-corrected chi connectivity index (χ0v) is 23.9. The van der Waals surface area contributed by atoms with Crippen molar-refractivity contribution in [1.29, 1.82) is 0 Å². The van der Waals surface area contributed by atoms with Crippen LogP contribution in [0.1, 0.15) is 77.5 Å². The summed E-state index contributed by atoms with van der Waals surface area (Å²) in [6.45, 7) is 18.1. The monoisotopic (exact) mass is 498 g/mol. The Morgan fingerprint density at radius 2 is 1.32 bits per heavy atom. The van der Waals surface area contributed by atoms with Crippen molar-refractivity contribution in [2.24, 2.45) is 0 Å². The maximum absolute atomic E-state index is 5.84. The number of anilines is 3. The van der Waals surface area contributed by atoms with Gasteiger partial charge in [-0.25, -0.2) is 0 Å². The summed E-state index contributed by atoms with van der Waals surface area (Å²) in [5.74, 6) is 0. The highest BCUT2D eigenvalue weighted by atomic mass is 16.5. The summed E-state index contributed by atoms with van der Waals surface area (Å²) in [5.41, 5.74) is 11.0. The fourth-order valence-electron chi connectivity index (χ4n) is 5.30. The Morgan fingerprint density at radius 1 is 0.703 bits per heavy atom. The molecule has 3 nitrogen and oxygen atoms in total. The van der Waals surface area contributed by atoms with Gasteiger partial charge in [0.15, 0.2) is 0 Å². The second-order valence-electron chi connectivity index (χ2n) is 11.4. The minimum atomic E-state index is 0.164. The van der Waals surface area contributed by atoms with Crippen LogP contribution in [0.3, 0.4) is 0 Å². The normalized spacial score (nSPS) is 12.4. The molecule has 0 heterocycles. The maximum Gasteiger partial charge on any atom is 0.0641 e. The summed E-state index contributed by atoms with van der Waals surface area (Å²) in [4.78, 5) is 4.93. The molecule has 1 aliphatic rings. The van der Waals surface area contributed by atoms with E-state index in [1.165, 1.54) is 57.7 Å². The van der Waals surface area contributed by atoms with Crippen LogP contribution in [0.4, 0.5) is 17.1 Å². The Kier molecular flexibility index (Phi) is 8.97. The molecule has 0 fully saturated rings. The molecule has 0 N–H and O–H groups in total. The molecule has 198 valence electrons. The number of hydrogen-bond acceptors (Lipinski definition) is 3. The summed E-state index contributed by atoms with van der Waals surface area (Å²) in [6.07, 6.45) is 4.49. The zero-order valence-electron chi connectivity index (χ0n) is 23.9. The number of nitrogens with zero attached hydrogens (tertiary/aromatic N) is 2. The van der Waals surface area contributed by atoms with E-state index in [0.717, 1.165) is 45.7 Å². The van der Waals surface area contributed by atoms with Crippen molar-refractivity contribution >= 4 is 17.1 Å². The van der Waals surface area contributed by atoms with Crippen molar-refractivity contribution in [2.45, 2.75) is 72.6 Å². The molecule has 0 bridgehead atoms. The quantitative estimate of drug-likeness (QED) is 0.182. The standard InChI is InChI=1S/C34H46N2O/c1-7-10-19-35(20-22-37-21-8-2)30-15-11-26-23-27-12-16-31(25-33(27)32(26)24-30)36(9-3)29-17-13-28(14-18-29)34(4,5)6/h11-18,24-25H,7-10,19-23H2,1-6H3. The maximum atomic E-state index is 5.84. The summed E-state index contributed by atoms with van der Waals surface area (Å²) >= 11 is 0. The van der Waals surface area contributed by atoms with Gasteiger partial charge in [-0.05, 0) is 95.8 Å². The SMILES string of the molecule is CCCCN(CCOCCC)c1ccc2c(c1)-c1cc(N(CC)c3ccc(C(C)(C)C)cc3)ccc1C2. The summed E-state index contributed by atoms with van der Waals surface area (Å²) in [5, 5.41) is 0. The van der Waals surface area contributed by atoms with Crippen molar-refractivity contribution < 1.29 is 4.74 Å². The fourth-order valence-corrected chi connectivity index (χ4v) is 5.30. The predicted molar refractivity (Wildman–Crippen MR) is 161 cm³/mol. The molecule has 0 saturated carbocycles. The minimum Gasteiger partial charge on any atom is -0.380 e. The second-order valence-corrected chi connectivity index (χ2v) is 11.4. The van der Waals surface area contributed by atoms with Crippen molar-refractivity contribution in [2.75, 3.05) is 42.6 Å². The molecule has 0 radical (unpaired) electrons. The number of benzene rings is 3. The molecule has 0 spiro atoms. The van der Waals surface area contributed by atoms with Crippen LogP contribution in [0, 0.1) is 0 Å². The third kappa shape index (κ3) is 6.38. The van der Waals surface area contributed by atoms with E-state index in [1.54, 1.807) is 0 Å². The van der Waals surface area contributed by atoms with Gasteiger partial charge in [0.25, 0.3) is 0 Å². The van der Waals surface area contributed by atoms with Gasteiger partial charge in [-0.2, -0.15) is 0 Å². The van der Waals surface area contributed by atoms with E-state index in [4.69, 9.17) is 4.74 Å². The first-order valence-electron chi connectivity index (χ1n) is 14.3. The van der Waals surface area contributed by atoms with Crippen LogP contribution in [0.2, 0.25) is 0 Å². The Balaban J connectivity index is 1.61. The lowest BCUT2D eigenvalue weighted by Gasteiger charge is -2.26. The first-order chi connectivity index (χ1) is 17.9. The van der Waals surface area contributed by atoms with E-state index >= 15 is 0 Å². The van der Waals surface area contributed by atoms with Crippen LogP contribution in [0.25, 0.3) is 11.1 Å². The first-order valence-corrected chi connectivity index (χ1v) is 14.3. The largest absolute Gasteiger partial charge is 0.380 e. The van der Waals surface area contributed by atoms with Crippen LogP contribution in [0.15, 0.2) is 60.7 Å².